The summed E-state index contributed by atoms with van der Waals surface area (Å²) in [5.74, 6) is 0. The topological polar surface area (TPSA) is 25.4 Å². The molecule has 1 saturated heterocycles. The summed E-state index contributed by atoms with van der Waals surface area (Å²) in [5, 5.41) is 0. The quantitative estimate of drug-likeness (QED) is 0.826. The molecule has 0 bridgehead atoms. The molecule has 0 aliphatic carbocycles. The molecule has 0 unspecified atom stereocenters. The Balaban J connectivity index is 2.08. The molecule has 0 saturated carbocycles. The van der Waals surface area contributed by atoms with Crippen molar-refractivity contribution in [3.05, 3.63) is 22.9 Å². The van der Waals surface area contributed by atoms with Gasteiger partial charge in [-0.2, -0.15) is 0 Å². The van der Waals surface area contributed by atoms with Gasteiger partial charge in [0, 0.05) is 37.0 Å². The van der Waals surface area contributed by atoms with Crippen molar-refractivity contribution in [2.45, 2.75) is 18.9 Å². The van der Waals surface area contributed by atoms with Crippen LogP contribution in [0.4, 0.5) is 5.69 Å². The fraction of sp³-hybridized carbons (Fsp3) is 0.545. The summed E-state index contributed by atoms with van der Waals surface area (Å²) in [5.41, 5.74) is 1.16. The minimum atomic E-state index is 0.579. The van der Waals surface area contributed by atoms with E-state index < -0.39 is 0 Å². The Kier molecular flexibility index (Phi) is 3.59. The zero-order valence-corrected chi connectivity index (χ0v) is 10.4. The van der Waals surface area contributed by atoms with Gasteiger partial charge in [0.1, 0.15) is 0 Å². The van der Waals surface area contributed by atoms with Crippen LogP contribution in [0, 0.1) is 0 Å². The Morgan fingerprint density at radius 3 is 2.80 bits per heavy atom. The van der Waals surface area contributed by atoms with E-state index in [1.807, 2.05) is 6.20 Å². The van der Waals surface area contributed by atoms with Crippen molar-refractivity contribution in [2.24, 2.45) is 0 Å². The highest BCUT2D eigenvalue weighted by molar-refractivity contribution is 9.10. The Hall–Kier alpha value is -0.610. The monoisotopic (exact) mass is 270 g/mol. The van der Waals surface area contributed by atoms with Gasteiger partial charge in [-0.1, -0.05) is 0 Å². The lowest BCUT2D eigenvalue weighted by molar-refractivity contribution is 0.0855. The van der Waals surface area contributed by atoms with Gasteiger partial charge >= 0.3 is 0 Å². The first-order valence-corrected chi connectivity index (χ1v) is 5.98. The molecule has 1 fully saturated rings. The van der Waals surface area contributed by atoms with E-state index in [2.05, 4.69) is 38.9 Å². The molecule has 0 radical (unpaired) electrons. The average Bonchev–Trinajstić information content (AvgIpc) is 2.29. The lowest BCUT2D eigenvalue weighted by Crippen LogP contribution is -2.36. The number of nitrogens with zero attached hydrogens (tertiary/aromatic N) is 2. The van der Waals surface area contributed by atoms with Gasteiger partial charge in [0.15, 0.2) is 0 Å². The highest BCUT2D eigenvalue weighted by atomic mass is 79.9. The highest BCUT2D eigenvalue weighted by Gasteiger charge is 2.18. The van der Waals surface area contributed by atoms with Gasteiger partial charge in [-0.25, -0.2) is 0 Å². The van der Waals surface area contributed by atoms with E-state index in [0.29, 0.717) is 6.04 Å². The molecule has 15 heavy (non-hydrogen) atoms. The Bertz CT molecular complexity index is 326. The van der Waals surface area contributed by atoms with Gasteiger partial charge in [-0.05, 0) is 34.8 Å². The minimum Gasteiger partial charge on any atom is -0.381 e. The highest BCUT2D eigenvalue weighted by Crippen LogP contribution is 2.22. The second-order valence-electron chi connectivity index (χ2n) is 3.82. The smallest absolute Gasteiger partial charge is 0.0564 e. The Morgan fingerprint density at radius 1 is 1.40 bits per heavy atom. The van der Waals surface area contributed by atoms with Crippen LogP contribution < -0.4 is 4.90 Å². The van der Waals surface area contributed by atoms with E-state index in [9.17, 15) is 0 Å². The predicted octanol–water partition coefficient (Wildman–Crippen LogP) is 2.46. The molecule has 1 aromatic heterocycles. The maximum absolute atomic E-state index is 5.36. The molecule has 0 N–H and O–H groups in total. The number of anilines is 1. The van der Waals surface area contributed by atoms with Crippen molar-refractivity contribution in [3.8, 4) is 0 Å². The van der Waals surface area contributed by atoms with Crippen LogP contribution in [-0.4, -0.2) is 31.3 Å². The second-order valence-corrected chi connectivity index (χ2v) is 4.73. The van der Waals surface area contributed by atoms with Gasteiger partial charge in [-0.15, -0.1) is 0 Å². The maximum Gasteiger partial charge on any atom is 0.0564 e. The summed E-state index contributed by atoms with van der Waals surface area (Å²) in [6.07, 6.45) is 5.91. The van der Waals surface area contributed by atoms with Crippen LogP contribution in [0.15, 0.2) is 22.9 Å². The number of pyridine rings is 1. The molecule has 3 nitrogen and oxygen atoms in total. The average molecular weight is 271 g/mol. The van der Waals surface area contributed by atoms with Gasteiger partial charge in [0.25, 0.3) is 0 Å². The number of aromatic nitrogens is 1. The van der Waals surface area contributed by atoms with Crippen LogP contribution in [0.3, 0.4) is 0 Å². The summed E-state index contributed by atoms with van der Waals surface area (Å²) >= 11 is 3.44. The molecule has 2 rings (SSSR count). The molecular formula is C11H15BrN2O. The fourth-order valence-corrected chi connectivity index (χ4v) is 2.23. The molecule has 0 atom stereocenters. The molecule has 0 spiro atoms. The molecule has 4 heteroatoms. The summed E-state index contributed by atoms with van der Waals surface area (Å²) in [6.45, 7) is 1.74. The summed E-state index contributed by atoms with van der Waals surface area (Å²) < 4.78 is 6.38. The molecule has 1 aromatic rings. The molecule has 82 valence electrons. The van der Waals surface area contributed by atoms with Crippen molar-refractivity contribution in [1.29, 1.82) is 0 Å². The van der Waals surface area contributed by atoms with Gasteiger partial charge < -0.3 is 9.64 Å². The van der Waals surface area contributed by atoms with Crippen molar-refractivity contribution < 1.29 is 4.74 Å². The summed E-state index contributed by atoms with van der Waals surface area (Å²) in [4.78, 5) is 6.47. The SMILES string of the molecule is CN(c1cncc(Br)c1)C1CCOCC1. The Labute approximate surface area is 98.6 Å². The van der Waals surface area contributed by atoms with E-state index in [1.165, 1.54) is 0 Å². The van der Waals surface area contributed by atoms with Crippen molar-refractivity contribution in [1.82, 2.24) is 4.98 Å². The zero-order chi connectivity index (χ0) is 10.7. The summed E-state index contributed by atoms with van der Waals surface area (Å²) in [6, 6.07) is 2.68. The van der Waals surface area contributed by atoms with E-state index in [-0.39, 0.29) is 0 Å². The molecule has 1 aliphatic rings. The van der Waals surface area contributed by atoms with Crippen LogP contribution in [0.5, 0.6) is 0 Å². The number of rotatable bonds is 2. The fourth-order valence-electron chi connectivity index (χ4n) is 1.88. The number of halogens is 1. The third-order valence-electron chi connectivity index (χ3n) is 2.84. The van der Waals surface area contributed by atoms with Crippen LogP contribution >= 0.6 is 15.9 Å². The first-order valence-electron chi connectivity index (χ1n) is 5.18. The molecule has 2 heterocycles. The van der Waals surface area contributed by atoms with Crippen LogP contribution in [0.25, 0.3) is 0 Å². The van der Waals surface area contributed by atoms with Crippen molar-refractivity contribution in [2.75, 3.05) is 25.2 Å². The van der Waals surface area contributed by atoms with E-state index >= 15 is 0 Å². The van der Waals surface area contributed by atoms with Crippen LogP contribution in [-0.2, 0) is 4.74 Å². The summed E-state index contributed by atoms with van der Waals surface area (Å²) in [7, 11) is 2.12. The second kappa shape index (κ2) is 4.94. The largest absolute Gasteiger partial charge is 0.381 e. The van der Waals surface area contributed by atoms with Crippen LogP contribution in [0.2, 0.25) is 0 Å². The number of hydrogen-bond acceptors (Lipinski definition) is 3. The standard InChI is InChI=1S/C11H15BrN2O/c1-14(10-2-4-15-5-3-10)11-6-9(12)7-13-8-11/h6-8,10H,2-5H2,1H3. The van der Waals surface area contributed by atoms with Gasteiger partial charge in [0.2, 0.25) is 0 Å². The Morgan fingerprint density at radius 2 is 2.13 bits per heavy atom. The zero-order valence-electron chi connectivity index (χ0n) is 8.82. The molecule has 0 aromatic carbocycles. The third-order valence-corrected chi connectivity index (χ3v) is 3.27. The molecular weight excluding hydrogens is 256 g/mol. The van der Waals surface area contributed by atoms with Gasteiger partial charge in [-0.3, -0.25) is 4.98 Å². The predicted molar refractivity (Wildman–Crippen MR) is 64.2 cm³/mol. The first-order chi connectivity index (χ1) is 7.27. The normalized spacial score (nSPS) is 17.7. The molecule has 1 aliphatic heterocycles. The maximum atomic E-state index is 5.36. The molecule has 0 amide bonds. The minimum absolute atomic E-state index is 0.579. The van der Waals surface area contributed by atoms with E-state index in [0.717, 1.165) is 36.2 Å². The lowest BCUT2D eigenvalue weighted by atomic mass is 10.1. The third kappa shape index (κ3) is 2.69. The van der Waals surface area contributed by atoms with Gasteiger partial charge in [0.05, 0.1) is 11.9 Å². The van der Waals surface area contributed by atoms with E-state index in [1.54, 1.807) is 6.20 Å². The first kappa shape index (κ1) is 10.9. The number of hydrogen-bond donors (Lipinski definition) is 0. The van der Waals surface area contributed by atoms with Crippen LogP contribution in [0.1, 0.15) is 12.8 Å². The van der Waals surface area contributed by atoms with E-state index in [4.69, 9.17) is 4.74 Å². The van der Waals surface area contributed by atoms with Crippen molar-refractivity contribution in [3.63, 3.8) is 0 Å². The van der Waals surface area contributed by atoms with Crippen molar-refractivity contribution >= 4 is 21.6 Å². The lowest BCUT2D eigenvalue weighted by Gasteiger charge is -2.32. The number of ether oxygens (including phenoxy) is 1.